The monoisotopic (exact) mass is 248 g/mol. The maximum Gasteiger partial charge on any atom is 0.228 e. The Morgan fingerprint density at radius 1 is 1.17 bits per heavy atom. The Morgan fingerprint density at radius 2 is 1.89 bits per heavy atom. The Labute approximate surface area is 104 Å². The van der Waals surface area contributed by atoms with Crippen LogP contribution in [0.25, 0.3) is 0 Å². The normalized spacial score (nSPS) is 14.8. The van der Waals surface area contributed by atoms with Gasteiger partial charge in [0.15, 0.2) is 11.5 Å². The van der Waals surface area contributed by atoms with Crippen molar-refractivity contribution < 1.29 is 18.7 Å². The fourth-order valence-corrected chi connectivity index (χ4v) is 2.08. The Balaban J connectivity index is 2.66. The SMILES string of the molecule is CCOC1=C(CC)C(=O)c2c(F)cccc2C1=O. The summed E-state index contributed by atoms with van der Waals surface area (Å²) in [6.45, 7) is 3.77. The topological polar surface area (TPSA) is 43.4 Å². The quantitative estimate of drug-likeness (QED) is 0.826. The predicted molar refractivity (Wildman–Crippen MR) is 64.0 cm³/mol. The molecule has 1 aliphatic carbocycles. The van der Waals surface area contributed by atoms with E-state index in [4.69, 9.17) is 4.74 Å². The lowest BCUT2D eigenvalue weighted by Gasteiger charge is -2.20. The number of ketones is 2. The van der Waals surface area contributed by atoms with Gasteiger partial charge in [-0.05, 0) is 25.5 Å². The van der Waals surface area contributed by atoms with Crippen LogP contribution in [0.5, 0.6) is 0 Å². The number of rotatable bonds is 3. The highest BCUT2D eigenvalue weighted by Gasteiger charge is 2.34. The molecule has 1 aliphatic rings. The van der Waals surface area contributed by atoms with Crippen LogP contribution in [0.3, 0.4) is 0 Å². The van der Waals surface area contributed by atoms with E-state index in [0.717, 1.165) is 0 Å². The molecular weight excluding hydrogens is 235 g/mol. The van der Waals surface area contributed by atoms with Gasteiger partial charge in [-0.1, -0.05) is 13.0 Å². The molecule has 0 heterocycles. The second-order valence-electron chi connectivity index (χ2n) is 3.91. The van der Waals surface area contributed by atoms with Gasteiger partial charge in [-0.15, -0.1) is 0 Å². The van der Waals surface area contributed by atoms with E-state index in [1.54, 1.807) is 13.8 Å². The fourth-order valence-electron chi connectivity index (χ4n) is 2.08. The van der Waals surface area contributed by atoms with Crippen molar-refractivity contribution in [3.63, 3.8) is 0 Å². The van der Waals surface area contributed by atoms with Gasteiger partial charge in [0.05, 0.1) is 12.2 Å². The van der Waals surface area contributed by atoms with Crippen molar-refractivity contribution >= 4 is 11.6 Å². The van der Waals surface area contributed by atoms with Gasteiger partial charge < -0.3 is 4.74 Å². The number of halogens is 1. The molecule has 18 heavy (non-hydrogen) atoms. The molecule has 3 nitrogen and oxygen atoms in total. The number of benzene rings is 1. The van der Waals surface area contributed by atoms with Crippen molar-refractivity contribution in [2.75, 3.05) is 6.61 Å². The predicted octanol–water partition coefficient (Wildman–Crippen LogP) is 2.91. The highest BCUT2D eigenvalue weighted by Crippen LogP contribution is 2.30. The third-order valence-electron chi connectivity index (χ3n) is 2.88. The molecule has 0 bridgehead atoms. The first kappa shape index (κ1) is 12.5. The van der Waals surface area contributed by atoms with Gasteiger partial charge >= 0.3 is 0 Å². The zero-order chi connectivity index (χ0) is 13.3. The highest BCUT2D eigenvalue weighted by molar-refractivity contribution is 6.26. The smallest absolute Gasteiger partial charge is 0.228 e. The van der Waals surface area contributed by atoms with Crippen molar-refractivity contribution in [3.05, 3.63) is 46.5 Å². The molecule has 2 rings (SSSR count). The van der Waals surface area contributed by atoms with Crippen LogP contribution in [0.15, 0.2) is 29.5 Å². The molecular formula is C14H13FO3. The number of fused-ring (bicyclic) bond motifs is 1. The average molecular weight is 248 g/mol. The summed E-state index contributed by atoms with van der Waals surface area (Å²) in [6, 6.07) is 4.05. The van der Waals surface area contributed by atoms with Gasteiger partial charge in [0.2, 0.25) is 5.78 Å². The zero-order valence-corrected chi connectivity index (χ0v) is 10.2. The lowest BCUT2D eigenvalue weighted by molar-refractivity contribution is 0.0875. The standard InChI is InChI=1S/C14H13FO3/c1-3-8-12(16)11-9(6-5-7-10(11)15)13(17)14(8)18-4-2/h5-7H,3-4H2,1-2H3. The van der Waals surface area contributed by atoms with Gasteiger partial charge in [0.25, 0.3) is 0 Å². The summed E-state index contributed by atoms with van der Waals surface area (Å²) in [5, 5.41) is 0. The molecule has 0 spiro atoms. The summed E-state index contributed by atoms with van der Waals surface area (Å²) in [5.74, 6) is -1.47. The van der Waals surface area contributed by atoms with Crippen LogP contribution in [-0.4, -0.2) is 18.2 Å². The van der Waals surface area contributed by atoms with Crippen LogP contribution in [0.4, 0.5) is 4.39 Å². The second-order valence-corrected chi connectivity index (χ2v) is 3.91. The van der Waals surface area contributed by atoms with Crippen LogP contribution in [0.1, 0.15) is 41.0 Å². The molecule has 0 amide bonds. The van der Waals surface area contributed by atoms with Crippen molar-refractivity contribution in [1.29, 1.82) is 0 Å². The van der Waals surface area contributed by atoms with Crippen LogP contribution < -0.4 is 0 Å². The van der Waals surface area contributed by atoms with E-state index < -0.39 is 17.4 Å². The fraction of sp³-hybridized carbons (Fsp3) is 0.286. The summed E-state index contributed by atoms with van der Waals surface area (Å²) in [5.41, 5.74) is 0.197. The van der Waals surface area contributed by atoms with Gasteiger partial charge in [0, 0.05) is 11.1 Å². The van der Waals surface area contributed by atoms with E-state index in [1.165, 1.54) is 18.2 Å². The number of carbonyl (C=O) groups excluding carboxylic acids is 2. The lowest BCUT2D eigenvalue weighted by Crippen LogP contribution is -2.24. The molecule has 0 aromatic heterocycles. The Hall–Kier alpha value is -1.97. The van der Waals surface area contributed by atoms with Crippen molar-refractivity contribution in [2.45, 2.75) is 20.3 Å². The number of ether oxygens (including phenoxy) is 1. The summed E-state index contributed by atoms with van der Waals surface area (Å²) >= 11 is 0. The van der Waals surface area contributed by atoms with Gasteiger partial charge in [0.1, 0.15) is 5.82 Å². The first-order valence-corrected chi connectivity index (χ1v) is 5.85. The van der Waals surface area contributed by atoms with Crippen LogP contribution >= 0.6 is 0 Å². The van der Waals surface area contributed by atoms with Crippen molar-refractivity contribution in [1.82, 2.24) is 0 Å². The van der Waals surface area contributed by atoms with Crippen molar-refractivity contribution in [3.8, 4) is 0 Å². The van der Waals surface area contributed by atoms with Gasteiger partial charge in [-0.25, -0.2) is 4.39 Å². The molecule has 0 aliphatic heterocycles. The molecule has 0 fully saturated rings. The average Bonchev–Trinajstić information content (AvgIpc) is 2.36. The Morgan fingerprint density at radius 3 is 2.50 bits per heavy atom. The zero-order valence-electron chi connectivity index (χ0n) is 10.2. The third kappa shape index (κ3) is 1.74. The first-order chi connectivity index (χ1) is 8.61. The van der Waals surface area contributed by atoms with E-state index in [9.17, 15) is 14.0 Å². The highest BCUT2D eigenvalue weighted by atomic mass is 19.1. The number of hydrogen-bond donors (Lipinski definition) is 0. The van der Waals surface area contributed by atoms with Crippen molar-refractivity contribution in [2.24, 2.45) is 0 Å². The van der Waals surface area contributed by atoms with E-state index in [1.807, 2.05) is 0 Å². The van der Waals surface area contributed by atoms with E-state index >= 15 is 0 Å². The van der Waals surface area contributed by atoms with E-state index in [0.29, 0.717) is 13.0 Å². The summed E-state index contributed by atoms with van der Waals surface area (Å²) in [6.07, 6.45) is 0.341. The third-order valence-corrected chi connectivity index (χ3v) is 2.88. The lowest BCUT2D eigenvalue weighted by atomic mass is 9.86. The molecule has 1 aromatic rings. The van der Waals surface area contributed by atoms with Gasteiger partial charge in [-0.3, -0.25) is 9.59 Å². The summed E-state index contributed by atoms with van der Waals surface area (Å²) < 4.78 is 18.9. The van der Waals surface area contributed by atoms with Crippen LogP contribution in [0.2, 0.25) is 0 Å². The molecule has 0 N–H and O–H groups in total. The van der Waals surface area contributed by atoms with Gasteiger partial charge in [-0.2, -0.15) is 0 Å². The number of carbonyl (C=O) groups is 2. The van der Waals surface area contributed by atoms with E-state index in [-0.39, 0.29) is 22.5 Å². The molecule has 1 aromatic carbocycles. The largest absolute Gasteiger partial charge is 0.489 e. The number of hydrogen-bond acceptors (Lipinski definition) is 3. The minimum atomic E-state index is -0.660. The first-order valence-electron chi connectivity index (χ1n) is 5.85. The molecule has 94 valence electrons. The molecule has 0 saturated carbocycles. The molecule has 0 atom stereocenters. The second kappa shape index (κ2) is 4.72. The molecule has 0 saturated heterocycles. The maximum absolute atomic E-state index is 13.7. The summed E-state index contributed by atoms with van der Waals surface area (Å²) in [4.78, 5) is 24.3. The summed E-state index contributed by atoms with van der Waals surface area (Å²) in [7, 11) is 0. The number of allylic oxidation sites excluding steroid dienone is 2. The Kier molecular flexibility index (Phi) is 3.28. The maximum atomic E-state index is 13.7. The van der Waals surface area contributed by atoms with Crippen LogP contribution in [-0.2, 0) is 4.74 Å². The van der Waals surface area contributed by atoms with Crippen LogP contribution in [0, 0.1) is 5.82 Å². The molecule has 0 unspecified atom stereocenters. The Bertz CT molecular complexity index is 558. The van der Waals surface area contributed by atoms with E-state index in [2.05, 4.69) is 0 Å². The molecule has 0 radical (unpaired) electrons. The molecule has 4 heteroatoms. The minimum Gasteiger partial charge on any atom is -0.489 e. The number of Topliss-reactive ketones (excluding diaryl/α,β-unsaturated/α-hetero) is 2. The minimum absolute atomic E-state index is 0.0584.